The van der Waals surface area contributed by atoms with E-state index in [1.165, 1.54) is 6.92 Å². The number of rotatable bonds is 4. The van der Waals surface area contributed by atoms with Crippen molar-refractivity contribution in [1.82, 2.24) is 0 Å². The molecule has 1 atom stereocenters. The van der Waals surface area contributed by atoms with Crippen LogP contribution in [-0.2, 0) is 23.6 Å². The van der Waals surface area contributed by atoms with Crippen molar-refractivity contribution >= 4 is 5.78 Å². The zero-order chi connectivity index (χ0) is 16.4. The van der Waals surface area contributed by atoms with Gasteiger partial charge in [0, 0.05) is 5.92 Å². The minimum atomic E-state index is -4.90. The van der Waals surface area contributed by atoms with Crippen LogP contribution in [0.2, 0.25) is 0 Å². The average Bonchev–Trinajstić information content (AvgIpc) is 2.33. The Bertz CT molecular complexity index is 515. The number of ketones is 1. The highest BCUT2D eigenvalue weighted by molar-refractivity contribution is 5.78. The summed E-state index contributed by atoms with van der Waals surface area (Å²) in [4.78, 5) is 11.3. The van der Waals surface area contributed by atoms with Crippen LogP contribution < -0.4 is 0 Å². The van der Waals surface area contributed by atoms with E-state index in [9.17, 15) is 31.1 Å². The molecule has 0 aliphatic rings. The van der Waals surface area contributed by atoms with Gasteiger partial charge in [0.05, 0.1) is 11.1 Å². The third-order valence-electron chi connectivity index (χ3n) is 3.28. The Hall–Kier alpha value is -1.53. The van der Waals surface area contributed by atoms with Crippen LogP contribution in [0, 0.1) is 5.92 Å². The van der Waals surface area contributed by atoms with Crippen molar-refractivity contribution in [1.29, 1.82) is 0 Å². The van der Waals surface area contributed by atoms with Gasteiger partial charge in [-0.25, -0.2) is 0 Å². The molecule has 0 aliphatic heterocycles. The van der Waals surface area contributed by atoms with Gasteiger partial charge >= 0.3 is 12.4 Å². The summed E-state index contributed by atoms with van der Waals surface area (Å²) < 4.78 is 76.3. The van der Waals surface area contributed by atoms with E-state index in [2.05, 4.69) is 0 Å². The van der Waals surface area contributed by atoms with Gasteiger partial charge in [-0.05, 0) is 37.5 Å². The fraction of sp³-hybridized carbons (Fsp3) is 0.500. The molecule has 21 heavy (non-hydrogen) atoms. The van der Waals surface area contributed by atoms with Crippen molar-refractivity contribution in [3.05, 3.63) is 34.9 Å². The van der Waals surface area contributed by atoms with Gasteiger partial charge in [-0.2, -0.15) is 26.3 Å². The molecule has 118 valence electrons. The predicted molar refractivity (Wildman–Crippen MR) is 64.6 cm³/mol. The van der Waals surface area contributed by atoms with Crippen LogP contribution in [0.5, 0.6) is 0 Å². The van der Waals surface area contributed by atoms with Crippen LogP contribution >= 0.6 is 0 Å². The molecule has 0 spiro atoms. The Morgan fingerprint density at radius 1 is 1.10 bits per heavy atom. The topological polar surface area (TPSA) is 17.1 Å². The minimum absolute atomic E-state index is 0.0994. The van der Waals surface area contributed by atoms with E-state index in [1.807, 2.05) is 0 Å². The van der Waals surface area contributed by atoms with Crippen LogP contribution in [-0.4, -0.2) is 5.78 Å². The Labute approximate surface area is 118 Å². The van der Waals surface area contributed by atoms with E-state index >= 15 is 0 Å². The van der Waals surface area contributed by atoms with E-state index in [4.69, 9.17) is 0 Å². The molecular weight excluding hydrogens is 298 g/mol. The van der Waals surface area contributed by atoms with E-state index in [0.717, 1.165) is 6.07 Å². The monoisotopic (exact) mass is 312 g/mol. The lowest BCUT2D eigenvalue weighted by Gasteiger charge is -2.18. The maximum absolute atomic E-state index is 12.9. The second-order valence-corrected chi connectivity index (χ2v) is 4.79. The lowest BCUT2D eigenvalue weighted by atomic mass is 9.90. The molecular formula is C14H14F6O. The van der Waals surface area contributed by atoms with Crippen LogP contribution in [0.15, 0.2) is 18.2 Å². The Kier molecular flexibility index (Phi) is 5.07. The van der Waals surface area contributed by atoms with Gasteiger partial charge in [0.15, 0.2) is 0 Å². The van der Waals surface area contributed by atoms with Gasteiger partial charge in [-0.3, -0.25) is 4.79 Å². The van der Waals surface area contributed by atoms with Crippen molar-refractivity contribution in [3.8, 4) is 0 Å². The van der Waals surface area contributed by atoms with Crippen molar-refractivity contribution in [3.63, 3.8) is 0 Å². The second-order valence-electron chi connectivity index (χ2n) is 4.79. The summed E-state index contributed by atoms with van der Waals surface area (Å²) in [5.41, 5.74) is -2.98. The van der Waals surface area contributed by atoms with Gasteiger partial charge in [0.25, 0.3) is 0 Å². The zero-order valence-corrected chi connectivity index (χ0v) is 11.4. The normalized spacial score (nSPS) is 14.1. The fourth-order valence-electron chi connectivity index (χ4n) is 2.04. The summed E-state index contributed by atoms with van der Waals surface area (Å²) in [6.07, 6.45) is -9.64. The summed E-state index contributed by atoms with van der Waals surface area (Å²) in [5.74, 6) is -0.923. The van der Waals surface area contributed by atoms with Gasteiger partial charge in [0.2, 0.25) is 0 Å². The number of hydrogen-bond acceptors (Lipinski definition) is 1. The highest BCUT2D eigenvalue weighted by Gasteiger charge is 2.38. The number of carbonyl (C=O) groups is 1. The first-order valence-electron chi connectivity index (χ1n) is 6.24. The van der Waals surface area contributed by atoms with Gasteiger partial charge < -0.3 is 0 Å². The molecule has 1 rings (SSSR count). The third-order valence-corrected chi connectivity index (χ3v) is 3.28. The first kappa shape index (κ1) is 17.5. The largest absolute Gasteiger partial charge is 0.416 e. The number of alkyl halides is 6. The molecule has 1 nitrogen and oxygen atoms in total. The number of carbonyl (C=O) groups excluding carboxylic acids is 1. The van der Waals surface area contributed by atoms with Crippen LogP contribution in [0.3, 0.4) is 0 Å². The van der Waals surface area contributed by atoms with Crippen LogP contribution in [0.25, 0.3) is 0 Å². The Morgan fingerprint density at radius 2 is 1.67 bits per heavy atom. The molecule has 0 N–H and O–H groups in total. The lowest BCUT2D eigenvalue weighted by Crippen LogP contribution is -2.18. The SMILES string of the molecule is CCC(Cc1ccc(C(F)(F)F)cc1C(F)(F)F)C(C)=O. The number of Topliss-reactive ketones (excluding diaryl/α,β-unsaturated/α-hetero) is 1. The average molecular weight is 312 g/mol. The molecule has 7 heteroatoms. The van der Waals surface area contributed by atoms with E-state index in [1.54, 1.807) is 6.92 Å². The van der Waals surface area contributed by atoms with Gasteiger partial charge in [-0.1, -0.05) is 13.0 Å². The van der Waals surface area contributed by atoms with E-state index < -0.39 is 29.4 Å². The number of halogens is 6. The lowest BCUT2D eigenvalue weighted by molar-refractivity contribution is -0.143. The van der Waals surface area contributed by atoms with Gasteiger partial charge in [0.1, 0.15) is 5.78 Å². The molecule has 0 saturated heterocycles. The first-order valence-corrected chi connectivity index (χ1v) is 6.24. The van der Waals surface area contributed by atoms with E-state index in [-0.39, 0.29) is 23.8 Å². The molecule has 0 amide bonds. The van der Waals surface area contributed by atoms with Crippen molar-refractivity contribution in [2.75, 3.05) is 0 Å². The molecule has 1 aromatic rings. The number of hydrogen-bond donors (Lipinski definition) is 0. The molecule has 0 radical (unpaired) electrons. The summed E-state index contributed by atoms with van der Waals surface area (Å²) in [6, 6.07) is 1.51. The minimum Gasteiger partial charge on any atom is -0.300 e. The smallest absolute Gasteiger partial charge is 0.300 e. The molecule has 1 aromatic carbocycles. The summed E-state index contributed by atoms with van der Waals surface area (Å²) in [6.45, 7) is 2.90. The Balaban J connectivity index is 3.30. The van der Waals surface area contributed by atoms with Gasteiger partial charge in [-0.15, -0.1) is 0 Å². The highest BCUT2D eigenvalue weighted by Crippen LogP contribution is 2.38. The van der Waals surface area contributed by atoms with Crippen LogP contribution in [0.1, 0.15) is 37.0 Å². The molecule has 0 aromatic heterocycles. The molecule has 0 aliphatic carbocycles. The number of benzene rings is 1. The fourth-order valence-corrected chi connectivity index (χ4v) is 2.04. The third kappa shape index (κ3) is 4.47. The summed E-state index contributed by atoms with van der Waals surface area (Å²) >= 11 is 0. The molecule has 0 heterocycles. The quantitative estimate of drug-likeness (QED) is 0.724. The highest BCUT2D eigenvalue weighted by atomic mass is 19.4. The van der Waals surface area contributed by atoms with E-state index in [0.29, 0.717) is 12.5 Å². The maximum atomic E-state index is 12.9. The predicted octanol–water partition coefficient (Wildman–Crippen LogP) is 4.88. The van der Waals surface area contributed by atoms with Crippen molar-refractivity contribution in [2.45, 2.75) is 39.0 Å². The van der Waals surface area contributed by atoms with Crippen molar-refractivity contribution in [2.24, 2.45) is 5.92 Å². The summed E-state index contributed by atoms with van der Waals surface area (Å²) in [5, 5.41) is 0. The molecule has 0 fully saturated rings. The first-order chi connectivity index (χ1) is 9.46. The van der Waals surface area contributed by atoms with Crippen molar-refractivity contribution < 1.29 is 31.1 Å². The molecule has 0 bridgehead atoms. The Morgan fingerprint density at radius 3 is 2.05 bits per heavy atom. The zero-order valence-electron chi connectivity index (χ0n) is 11.4. The summed E-state index contributed by atoms with van der Waals surface area (Å²) in [7, 11) is 0. The second kappa shape index (κ2) is 6.07. The standard InChI is InChI=1S/C14H14F6O/c1-3-9(8(2)21)6-10-4-5-11(13(15,16)17)7-12(10)14(18,19)20/h4-5,7,9H,3,6H2,1-2H3. The maximum Gasteiger partial charge on any atom is 0.416 e. The molecule has 0 saturated carbocycles. The molecule has 1 unspecified atom stereocenters. The van der Waals surface area contributed by atoms with Crippen LogP contribution in [0.4, 0.5) is 26.3 Å².